The van der Waals surface area contributed by atoms with E-state index in [4.69, 9.17) is 26.8 Å². The number of rotatable bonds is 9. The third kappa shape index (κ3) is 6.56. The van der Waals surface area contributed by atoms with Crippen molar-refractivity contribution in [2.75, 3.05) is 45.6 Å². The second kappa shape index (κ2) is 11.1. The van der Waals surface area contributed by atoms with Crippen LogP contribution in [-0.2, 0) is 9.53 Å². The van der Waals surface area contributed by atoms with E-state index in [1.165, 1.54) is 13.2 Å². The lowest BCUT2D eigenvalue weighted by Crippen LogP contribution is -2.38. The number of anilines is 1. The van der Waals surface area contributed by atoms with Crippen molar-refractivity contribution in [3.8, 4) is 5.75 Å². The van der Waals surface area contributed by atoms with Crippen LogP contribution in [0, 0.1) is 5.92 Å². The monoisotopic (exact) mass is 411 g/mol. The second-order valence-corrected chi connectivity index (χ2v) is 7.40. The fourth-order valence-electron chi connectivity index (χ4n) is 3.43. The van der Waals surface area contributed by atoms with Crippen LogP contribution < -0.4 is 15.8 Å². The van der Waals surface area contributed by atoms with Gasteiger partial charge in [-0.1, -0.05) is 11.6 Å². The fourth-order valence-corrected chi connectivity index (χ4v) is 3.59. The molecule has 0 aliphatic carbocycles. The van der Waals surface area contributed by atoms with Crippen LogP contribution in [0.2, 0.25) is 5.02 Å². The van der Waals surface area contributed by atoms with Gasteiger partial charge in [-0.25, -0.2) is 0 Å². The van der Waals surface area contributed by atoms with Gasteiger partial charge in [-0.05, 0) is 57.7 Å². The zero-order valence-corrected chi connectivity index (χ0v) is 17.4. The highest BCUT2D eigenvalue weighted by molar-refractivity contribution is 6.33. The molecule has 28 heavy (non-hydrogen) atoms. The van der Waals surface area contributed by atoms with E-state index < -0.39 is 0 Å². The van der Waals surface area contributed by atoms with Crippen molar-refractivity contribution in [2.24, 2.45) is 5.92 Å². The van der Waals surface area contributed by atoms with Crippen molar-refractivity contribution in [3.05, 3.63) is 22.7 Å². The number of esters is 1. The molecule has 0 bridgehead atoms. The van der Waals surface area contributed by atoms with Crippen LogP contribution in [-0.4, -0.2) is 56.7 Å². The first-order chi connectivity index (χ1) is 13.4. The Morgan fingerprint density at radius 1 is 1.32 bits per heavy atom. The number of carbonyl (C=O) groups excluding carboxylic acids is 2. The highest BCUT2D eigenvalue weighted by Crippen LogP contribution is 2.28. The molecule has 156 valence electrons. The lowest BCUT2D eigenvalue weighted by atomic mass is 9.92. The van der Waals surface area contributed by atoms with Gasteiger partial charge in [-0.3, -0.25) is 14.5 Å². The minimum atomic E-state index is -0.219. The standard InChI is InChI=1S/C20H30ClN3O4/c1-3-28-19(25)13-24-9-6-14(7-10-24)5-4-8-23-20(26)15-11-16(21)17(22)12-18(15)27-2/h11-12,14H,3-10,13,22H2,1-2H3,(H,23,26). The quantitative estimate of drug-likeness (QED) is 0.368. The maximum absolute atomic E-state index is 12.4. The molecular weight excluding hydrogens is 382 g/mol. The van der Waals surface area contributed by atoms with Crippen molar-refractivity contribution < 1.29 is 19.1 Å². The van der Waals surface area contributed by atoms with Crippen molar-refractivity contribution >= 4 is 29.2 Å². The number of nitrogens with zero attached hydrogens (tertiary/aromatic N) is 1. The van der Waals surface area contributed by atoms with Crippen LogP contribution >= 0.6 is 11.6 Å². The number of ether oxygens (including phenoxy) is 2. The van der Waals surface area contributed by atoms with Crippen LogP contribution in [0.3, 0.4) is 0 Å². The summed E-state index contributed by atoms with van der Waals surface area (Å²) < 4.78 is 10.2. The molecule has 1 aromatic carbocycles. The van der Waals surface area contributed by atoms with Crippen LogP contribution in [0.5, 0.6) is 5.75 Å². The van der Waals surface area contributed by atoms with Gasteiger partial charge in [0.05, 0.1) is 36.5 Å². The largest absolute Gasteiger partial charge is 0.496 e. The van der Waals surface area contributed by atoms with Crippen molar-refractivity contribution in [3.63, 3.8) is 0 Å². The zero-order chi connectivity index (χ0) is 20.5. The first-order valence-electron chi connectivity index (χ1n) is 9.73. The second-order valence-electron chi connectivity index (χ2n) is 7.00. The minimum absolute atomic E-state index is 0.151. The summed E-state index contributed by atoms with van der Waals surface area (Å²) >= 11 is 6.02. The number of halogens is 1. The Bertz CT molecular complexity index is 676. The SMILES string of the molecule is CCOC(=O)CN1CCC(CCCNC(=O)c2cc(Cl)c(N)cc2OC)CC1. The van der Waals surface area contributed by atoms with Gasteiger partial charge in [0.25, 0.3) is 5.91 Å². The summed E-state index contributed by atoms with van der Waals surface area (Å²) in [5.74, 6) is 0.661. The van der Waals surface area contributed by atoms with E-state index in [0.29, 0.717) is 47.6 Å². The van der Waals surface area contributed by atoms with Gasteiger partial charge in [0.2, 0.25) is 0 Å². The van der Waals surface area contributed by atoms with Gasteiger partial charge in [-0.2, -0.15) is 0 Å². The number of methoxy groups -OCH3 is 1. The molecule has 3 N–H and O–H groups in total. The topological polar surface area (TPSA) is 93.9 Å². The van der Waals surface area contributed by atoms with E-state index in [-0.39, 0.29) is 11.9 Å². The number of nitrogen functional groups attached to an aromatic ring is 1. The van der Waals surface area contributed by atoms with Crippen LogP contribution in [0.4, 0.5) is 5.69 Å². The lowest BCUT2D eigenvalue weighted by molar-refractivity contribution is -0.144. The number of amides is 1. The molecule has 1 saturated heterocycles. The highest BCUT2D eigenvalue weighted by Gasteiger charge is 2.21. The summed E-state index contributed by atoms with van der Waals surface area (Å²) in [7, 11) is 1.49. The van der Waals surface area contributed by atoms with E-state index in [0.717, 1.165) is 38.8 Å². The number of hydrogen-bond acceptors (Lipinski definition) is 6. The molecule has 0 saturated carbocycles. The van der Waals surface area contributed by atoms with Crippen LogP contribution in [0.1, 0.15) is 43.0 Å². The third-order valence-corrected chi connectivity index (χ3v) is 5.33. The van der Waals surface area contributed by atoms with Gasteiger partial charge in [0, 0.05) is 12.6 Å². The Morgan fingerprint density at radius 2 is 2.04 bits per heavy atom. The van der Waals surface area contributed by atoms with Gasteiger partial charge in [-0.15, -0.1) is 0 Å². The predicted octanol–water partition coefficient (Wildman–Crippen LogP) is 2.72. The molecule has 0 aromatic heterocycles. The molecule has 1 aromatic rings. The number of hydrogen-bond donors (Lipinski definition) is 2. The maximum Gasteiger partial charge on any atom is 0.320 e. The zero-order valence-electron chi connectivity index (χ0n) is 16.6. The number of piperidine rings is 1. The number of nitrogens with two attached hydrogens (primary N) is 1. The number of nitrogens with one attached hydrogen (secondary N) is 1. The first-order valence-corrected chi connectivity index (χ1v) is 10.1. The Hall–Kier alpha value is -1.99. The molecule has 0 atom stereocenters. The molecule has 1 heterocycles. The summed E-state index contributed by atoms with van der Waals surface area (Å²) in [6.07, 6.45) is 4.08. The number of likely N-dealkylation sites (tertiary alicyclic amines) is 1. The summed E-state index contributed by atoms with van der Waals surface area (Å²) in [6.45, 7) is 5.04. The van der Waals surface area contributed by atoms with Gasteiger partial charge < -0.3 is 20.5 Å². The molecule has 1 amide bonds. The maximum atomic E-state index is 12.4. The molecule has 0 spiro atoms. The molecule has 7 nitrogen and oxygen atoms in total. The summed E-state index contributed by atoms with van der Waals surface area (Å²) in [4.78, 5) is 26.1. The predicted molar refractivity (Wildman–Crippen MR) is 110 cm³/mol. The molecule has 2 rings (SSSR count). The van der Waals surface area contributed by atoms with Gasteiger partial charge in [0.15, 0.2) is 0 Å². The molecule has 8 heteroatoms. The Labute approximate surface area is 171 Å². The average molecular weight is 412 g/mol. The molecule has 1 aliphatic rings. The minimum Gasteiger partial charge on any atom is -0.496 e. The van der Waals surface area contributed by atoms with Gasteiger partial charge in [0.1, 0.15) is 5.75 Å². The van der Waals surface area contributed by atoms with Crippen LogP contribution in [0.15, 0.2) is 12.1 Å². The number of benzene rings is 1. The molecule has 0 radical (unpaired) electrons. The molecule has 1 aliphatic heterocycles. The summed E-state index contributed by atoms with van der Waals surface area (Å²) in [6, 6.07) is 3.09. The number of carbonyl (C=O) groups is 2. The fraction of sp³-hybridized carbons (Fsp3) is 0.600. The molecule has 1 fully saturated rings. The average Bonchev–Trinajstić information content (AvgIpc) is 2.68. The lowest BCUT2D eigenvalue weighted by Gasteiger charge is -2.31. The first kappa shape index (κ1) is 22.3. The Morgan fingerprint density at radius 3 is 2.68 bits per heavy atom. The van der Waals surface area contributed by atoms with Crippen molar-refractivity contribution in [1.82, 2.24) is 10.2 Å². The third-order valence-electron chi connectivity index (χ3n) is 5.00. The van der Waals surface area contributed by atoms with E-state index in [2.05, 4.69) is 10.2 Å². The Balaban J connectivity index is 1.69. The van der Waals surface area contributed by atoms with E-state index in [9.17, 15) is 9.59 Å². The van der Waals surface area contributed by atoms with Crippen molar-refractivity contribution in [1.29, 1.82) is 0 Å². The van der Waals surface area contributed by atoms with Crippen molar-refractivity contribution in [2.45, 2.75) is 32.6 Å². The normalized spacial score (nSPS) is 15.2. The van der Waals surface area contributed by atoms with E-state index in [1.807, 2.05) is 6.92 Å². The Kier molecular flexibility index (Phi) is 8.86. The molecule has 0 unspecified atom stereocenters. The summed E-state index contributed by atoms with van der Waals surface area (Å²) in [5, 5.41) is 3.25. The van der Waals surface area contributed by atoms with E-state index >= 15 is 0 Å². The van der Waals surface area contributed by atoms with Gasteiger partial charge >= 0.3 is 5.97 Å². The highest BCUT2D eigenvalue weighted by atomic mass is 35.5. The van der Waals surface area contributed by atoms with E-state index in [1.54, 1.807) is 6.07 Å². The van der Waals surface area contributed by atoms with Crippen LogP contribution in [0.25, 0.3) is 0 Å². The summed E-state index contributed by atoms with van der Waals surface area (Å²) in [5.41, 5.74) is 6.51. The molecular formula is C20H30ClN3O4. The smallest absolute Gasteiger partial charge is 0.320 e.